The molecular weight excluding hydrogens is 254 g/mol. The van der Waals surface area contributed by atoms with Gasteiger partial charge in [-0.25, -0.2) is 8.78 Å². The van der Waals surface area contributed by atoms with Gasteiger partial charge in [-0.1, -0.05) is 42.5 Å². The van der Waals surface area contributed by atoms with Gasteiger partial charge in [-0.05, 0) is 37.3 Å². The van der Waals surface area contributed by atoms with Crippen molar-refractivity contribution in [1.29, 1.82) is 0 Å². The number of alkyl halides is 1. The van der Waals surface area contributed by atoms with Crippen LogP contribution in [-0.4, -0.2) is 5.67 Å². The van der Waals surface area contributed by atoms with Gasteiger partial charge >= 0.3 is 0 Å². The van der Waals surface area contributed by atoms with E-state index in [2.05, 4.69) is 6.58 Å². The molecule has 1 aliphatic rings. The molecule has 106 valence electrons. The molecule has 1 aliphatic carbocycles. The summed E-state index contributed by atoms with van der Waals surface area (Å²) >= 11 is 0. The fourth-order valence-corrected chi connectivity index (χ4v) is 2.49. The first-order valence-corrected chi connectivity index (χ1v) is 7.08. The van der Waals surface area contributed by atoms with Gasteiger partial charge in [0.05, 0.1) is 0 Å². The van der Waals surface area contributed by atoms with Crippen molar-refractivity contribution in [3.8, 4) is 0 Å². The third kappa shape index (κ3) is 3.66. The van der Waals surface area contributed by atoms with Gasteiger partial charge < -0.3 is 0 Å². The van der Waals surface area contributed by atoms with Gasteiger partial charge in [0.15, 0.2) is 0 Å². The largest absolute Gasteiger partial charge is 0.239 e. The minimum Gasteiger partial charge on any atom is -0.239 e. The van der Waals surface area contributed by atoms with E-state index in [9.17, 15) is 8.78 Å². The summed E-state index contributed by atoms with van der Waals surface area (Å²) in [6.45, 7) is 3.64. The molecule has 0 bridgehead atoms. The first-order chi connectivity index (χ1) is 9.64. The van der Waals surface area contributed by atoms with Crippen molar-refractivity contribution in [2.45, 2.75) is 37.8 Å². The van der Waals surface area contributed by atoms with E-state index in [4.69, 9.17) is 0 Å². The predicted octanol–water partition coefficient (Wildman–Crippen LogP) is 5.78. The van der Waals surface area contributed by atoms with E-state index < -0.39 is 5.67 Å². The third-order valence-electron chi connectivity index (χ3n) is 3.63. The molecule has 0 amide bonds. The lowest BCUT2D eigenvalue weighted by Gasteiger charge is -2.25. The van der Waals surface area contributed by atoms with Gasteiger partial charge in [-0.15, -0.1) is 6.58 Å². The highest BCUT2D eigenvalue weighted by Gasteiger charge is 2.31. The van der Waals surface area contributed by atoms with Crippen LogP contribution in [0.15, 0.2) is 61.0 Å². The lowest BCUT2D eigenvalue weighted by Crippen LogP contribution is -2.22. The van der Waals surface area contributed by atoms with Gasteiger partial charge in [-0.2, -0.15) is 0 Å². The molecular formula is C18H20F2. The van der Waals surface area contributed by atoms with Crippen molar-refractivity contribution in [1.82, 2.24) is 0 Å². The highest BCUT2D eigenvalue weighted by atomic mass is 19.1. The summed E-state index contributed by atoms with van der Waals surface area (Å²) in [6.07, 6.45) is 7.69. The lowest BCUT2D eigenvalue weighted by molar-refractivity contribution is 0.194. The minimum absolute atomic E-state index is 0.151. The zero-order valence-corrected chi connectivity index (χ0v) is 11.6. The summed E-state index contributed by atoms with van der Waals surface area (Å²) in [6, 6.07) is 9.28. The number of hydrogen-bond donors (Lipinski definition) is 0. The summed E-state index contributed by atoms with van der Waals surface area (Å²) in [5.41, 5.74) is -0.233. The van der Waals surface area contributed by atoms with Crippen LogP contribution in [-0.2, 0) is 0 Å². The first-order valence-electron chi connectivity index (χ1n) is 7.08. The van der Waals surface area contributed by atoms with Gasteiger partial charge in [0, 0.05) is 12.0 Å². The second-order valence-electron chi connectivity index (χ2n) is 5.26. The first kappa shape index (κ1) is 14.7. The van der Waals surface area contributed by atoms with Crippen LogP contribution in [0.25, 0.3) is 5.57 Å². The van der Waals surface area contributed by atoms with E-state index >= 15 is 0 Å². The van der Waals surface area contributed by atoms with Crippen molar-refractivity contribution in [3.05, 3.63) is 66.5 Å². The average molecular weight is 274 g/mol. The van der Waals surface area contributed by atoms with E-state index in [0.29, 0.717) is 12.0 Å². The van der Waals surface area contributed by atoms with Gasteiger partial charge in [0.2, 0.25) is 0 Å². The molecule has 1 unspecified atom stereocenters. The van der Waals surface area contributed by atoms with Gasteiger partial charge in [0.1, 0.15) is 11.5 Å². The third-order valence-corrected chi connectivity index (χ3v) is 3.63. The van der Waals surface area contributed by atoms with Crippen LogP contribution in [0, 0.1) is 0 Å². The van der Waals surface area contributed by atoms with Crippen LogP contribution in [0.1, 0.15) is 37.7 Å². The monoisotopic (exact) mass is 274 g/mol. The average Bonchev–Trinajstić information content (AvgIpc) is 2.45. The maximum Gasteiger partial charge on any atom is 0.135 e. The SMILES string of the molecule is C=CCCCCC1(F)C=CC(c2ccccc2)=C(F)C1. The number of unbranched alkanes of at least 4 members (excludes halogenated alkanes) is 2. The van der Waals surface area contributed by atoms with E-state index in [1.165, 1.54) is 6.08 Å². The zero-order valence-electron chi connectivity index (χ0n) is 11.6. The Morgan fingerprint density at radius 1 is 1.20 bits per heavy atom. The standard InChI is InChI=1S/C18H20F2/c1-2-3-4-8-12-18(20)13-11-16(17(19)14-18)15-9-6-5-7-10-15/h2,5-7,9-11,13H,1,3-4,8,12,14H2. The second-order valence-corrected chi connectivity index (χ2v) is 5.26. The highest BCUT2D eigenvalue weighted by molar-refractivity contribution is 5.77. The molecule has 0 nitrogen and oxygen atoms in total. The molecule has 0 saturated heterocycles. The van der Waals surface area contributed by atoms with Crippen LogP contribution in [0.5, 0.6) is 0 Å². The molecule has 20 heavy (non-hydrogen) atoms. The number of halogens is 2. The maximum absolute atomic E-state index is 14.6. The molecule has 1 atom stereocenters. The number of allylic oxidation sites excluding steroid dienone is 5. The van der Waals surface area contributed by atoms with Gasteiger partial charge in [-0.3, -0.25) is 0 Å². The summed E-state index contributed by atoms with van der Waals surface area (Å²) in [5.74, 6) is -0.357. The van der Waals surface area contributed by atoms with E-state index in [0.717, 1.165) is 24.8 Å². The molecule has 0 heterocycles. The predicted molar refractivity (Wildman–Crippen MR) is 80.7 cm³/mol. The fourth-order valence-electron chi connectivity index (χ4n) is 2.49. The Kier molecular flexibility index (Phi) is 4.89. The van der Waals surface area contributed by atoms with Crippen molar-refractivity contribution in [2.24, 2.45) is 0 Å². The van der Waals surface area contributed by atoms with Crippen molar-refractivity contribution < 1.29 is 8.78 Å². The second kappa shape index (κ2) is 6.65. The zero-order chi connectivity index (χ0) is 14.4. The Bertz CT molecular complexity index is 513. The van der Waals surface area contributed by atoms with Crippen molar-refractivity contribution >= 4 is 5.57 Å². The summed E-state index contributed by atoms with van der Waals surface area (Å²) in [7, 11) is 0. The molecule has 0 spiro atoms. The van der Waals surface area contributed by atoms with Crippen molar-refractivity contribution in [2.75, 3.05) is 0 Å². The molecule has 0 aliphatic heterocycles. The lowest BCUT2D eigenvalue weighted by atomic mass is 9.86. The minimum atomic E-state index is -1.54. The Morgan fingerprint density at radius 2 is 1.95 bits per heavy atom. The number of rotatable bonds is 6. The molecule has 2 rings (SSSR count). The summed E-state index contributed by atoms with van der Waals surface area (Å²) in [5, 5.41) is 0. The molecule has 0 radical (unpaired) electrons. The normalized spacial score (nSPS) is 22.1. The molecule has 0 fully saturated rings. The van der Waals surface area contributed by atoms with E-state index in [1.807, 2.05) is 36.4 Å². The van der Waals surface area contributed by atoms with Crippen molar-refractivity contribution in [3.63, 3.8) is 0 Å². The van der Waals surface area contributed by atoms with Gasteiger partial charge in [0.25, 0.3) is 0 Å². The van der Waals surface area contributed by atoms with Crippen LogP contribution < -0.4 is 0 Å². The Labute approximate surface area is 119 Å². The van der Waals surface area contributed by atoms with E-state index in [1.54, 1.807) is 6.08 Å². The molecule has 1 aromatic carbocycles. The summed E-state index contributed by atoms with van der Waals surface area (Å²) < 4.78 is 28.7. The Balaban J connectivity index is 2.03. The maximum atomic E-state index is 14.6. The fraction of sp³-hybridized carbons (Fsp3) is 0.333. The van der Waals surface area contributed by atoms with Crippen LogP contribution in [0.3, 0.4) is 0 Å². The van der Waals surface area contributed by atoms with Crippen LogP contribution in [0.4, 0.5) is 8.78 Å². The van der Waals surface area contributed by atoms with E-state index in [-0.39, 0.29) is 12.2 Å². The summed E-state index contributed by atoms with van der Waals surface area (Å²) in [4.78, 5) is 0. The van der Waals surface area contributed by atoms with Crippen LogP contribution in [0.2, 0.25) is 0 Å². The van der Waals surface area contributed by atoms with Crippen LogP contribution >= 0.6 is 0 Å². The highest BCUT2D eigenvalue weighted by Crippen LogP contribution is 2.38. The quantitative estimate of drug-likeness (QED) is 0.455. The Morgan fingerprint density at radius 3 is 2.60 bits per heavy atom. The number of hydrogen-bond acceptors (Lipinski definition) is 0. The molecule has 2 heteroatoms. The molecule has 0 N–H and O–H groups in total. The Hall–Kier alpha value is -1.70. The molecule has 0 saturated carbocycles. The smallest absolute Gasteiger partial charge is 0.135 e. The molecule has 1 aromatic rings. The topological polar surface area (TPSA) is 0 Å². The molecule has 0 aromatic heterocycles. The number of benzene rings is 1.